The lowest BCUT2D eigenvalue weighted by atomic mass is 9.96. The Morgan fingerprint density at radius 1 is 1.47 bits per heavy atom. The molecule has 1 aromatic rings. The number of nitro benzene ring substituents is 1. The molecule has 0 atom stereocenters. The lowest BCUT2D eigenvalue weighted by Crippen LogP contribution is -2.36. The Bertz CT molecular complexity index is 459. The van der Waals surface area contributed by atoms with E-state index in [1.165, 1.54) is 12.1 Å². The second kappa shape index (κ2) is 6.21. The fraction of sp³-hybridized carbons (Fsp3) is 0.538. The summed E-state index contributed by atoms with van der Waals surface area (Å²) in [6.45, 7) is 2.94. The van der Waals surface area contributed by atoms with E-state index in [0.29, 0.717) is 10.9 Å². The molecule has 1 aliphatic heterocycles. The minimum atomic E-state index is -0.422. The summed E-state index contributed by atoms with van der Waals surface area (Å²) in [5.74, 6) is 0.707. The van der Waals surface area contributed by atoms with Crippen molar-refractivity contribution in [2.45, 2.75) is 12.8 Å². The average molecular weight is 284 g/mol. The SMILES string of the molecule is CNCC1CCN(c2ccc([N+](=O)[O-])cc2Cl)CC1. The van der Waals surface area contributed by atoms with E-state index >= 15 is 0 Å². The lowest BCUT2D eigenvalue weighted by Gasteiger charge is -2.34. The van der Waals surface area contributed by atoms with Gasteiger partial charge in [-0.1, -0.05) is 11.6 Å². The highest BCUT2D eigenvalue weighted by molar-refractivity contribution is 6.33. The van der Waals surface area contributed by atoms with Crippen LogP contribution in [0.25, 0.3) is 0 Å². The molecule has 1 aliphatic rings. The van der Waals surface area contributed by atoms with Crippen molar-refractivity contribution in [3.63, 3.8) is 0 Å². The van der Waals surface area contributed by atoms with Crippen LogP contribution in [0.5, 0.6) is 0 Å². The summed E-state index contributed by atoms with van der Waals surface area (Å²) < 4.78 is 0. The van der Waals surface area contributed by atoms with E-state index < -0.39 is 4.92 Å². The van der Waals surface area contributed by atoms with Crippen molar-refractivity contribution in [1.82, 2.24) is 5.32 Å². The number of non-ortho nitro benzene ring substituents is 1. The molecule has 0 amide bonds. The Kier molecular flexibility index (Phi) is 4.61. The first-order valence-corrected chi connectivity index (χ1v) is 6.83. The zero-order valence-corrected chi connectivity index (χ0v) is 11.7. The third-order valence-electron chi connectivity index (χ3n) is 3.59. The molecule has 0 aromatic heterocycles. The molecule has 104 valence electrons. The minimum absolute atomic E-state index is 0.0406. The van der Waals surface area contributed by atoms with E-state index in [0.717, 1.165) is 38.2 Å². The zero-order valence-electron chi connectivity index (χ0n) is 10.9. The van der Waals surface area contributed by atoms with Gasteiger partial charge in [-0.2, -0.15) is 0 Å². The molecule has 1 aromatic carbocycles. The van der Waals surface area contributed by atoms with Gasteiger partial charge in [0.1, 0.15) is 0 Å². The third kappa shape index (κ3) is 3.36. The Balaban J connectivity index is 2.05. The molecule has 1 fully saturated rings. The second-order valence-electron chi connectivity index (χ2n) is 4.88. The fourth-order valence-electron chi connectivity index (χ4n) is 2.53. The number of rotatable bonds is 4. The van der Waals surface area contributed by atoms with Gasteiger partial charge in [0.05, 0.1) is 15.6 Å². The molecule has 0 unspecified atom stereocenters. The van der Waals surface area contributed by atoms with Crippen molar-refractivity contribution in [2.75, 3.05) is 31.6 Å². The molecule has 2 rings (SSSR count). The number of piperidine rings is 1. The smallest absolute Gasteiger partial charge is 0.271 e. The van der Waals surface area contributed by atoms with Gasteiger partial charge in [0.15, 0.2) is 0 Å². The first-order valence-electron chi connectivity index (χ1n) is 6.45. The van der Waals surface area contributed by atoms with Crippen LogP contribution in [0.4, 0.5) is 11.4 Å². The molecule has 1 heterocycles. The van der Waals surface area contributed by atoms with Gasteiger partial charge >= 0.3 is 0 Å². The van der Waals surface area contributed by atoms with E-state index in [-0.39, 0.29) is 5.69 Å². The van der Waals surface area contributed by atoms with Gasteiger partial charge in [0.2, 0.25) is 0 Å². The molecule has 0 spiro atoms. The molecule has 0 aliphatic carbocycles. The monoisotopic (exact) mass is 283 g/mol. The van der Waals surface area contributed by atoms with Crippen molar-refractivity contribution in [3.8, 4) is 0 Å². The summed E-state index contributed by atoms with van der Waals surface area (Å²) in [7, 11) is 1.97. The Labute approximate surface area is 117 Å². The van der Waals surface area contributed by atoms with Crippen LogP contribution in [0.3, 0.4) is 0 Å². The van der Waals surface area contributed by atoms with Gasteiger partial charge in [-0.3, -0.25) is 10.1 Å². The molecule has 1 saturated heterocycles. The molecule has 1 N–H and O–H groups in total. The predicted octanol–water partition coefficient (Wildman–Crippen LogP) is 2.68. The number of nitro groups is 1. The van der Waals surface area contributed by atoms with Crippen LogP contribution in [0, 0.1) is 16.0 Å². The van der Waals surface area contributed by atoms with Crippen molar-refractivity contribution < 1.29 is 4.92 Å². The van der Waals surface area contributed by atoms with E-state index in [1.54, 1.807) is 6.07 Å². The van der Waals surface area contributed by atoms with Gasteiger partial charge in [-0.15, -0.1) is 0 Å². The zero-order chi connectivity index (χ0) is 13.8. The Morgan fingerprint density at radius 2 is 2.16 bits per heavy atom. The van der Waals surface area contributed by atoms with Crippen molar-refractivity contribution in [3.05, 3.63) is 33.3 Å². The summed E-state index contributed by atoms with van der Waals surface area (Å²) in [6.07, 6.45) is 2.24. The lowest BCUT2D eigenvalue weighted by molar-refractivity contribution is -0.384. The number of benzene rings is 1. The summed E-state index contributed by atoms with van der Waals surface area (Å²) in [5.41, 5.74) is 0.939. The van der Waals surface area contributed by atoms with E-state index in [2.05, 4.69) is 10.2 Å². The fourth-order valence-corrected chi connectivity index (χ4v) is 2.83. The summed E-state index contributed by atoms with van der Waals surface area (Å²) in [5, 5.41) is 14.3. The van der Waals surface area contributed by atoms with Crippen molar-refractivity contribution in [1.29, 1.82) is 0 Å². The Morgan fingerprint density at radius 3 is 2.68 bits per heavy atom. The van der Waals surface area contributed by atoms with Gasteiger partial charge in [-0.25, -0.2) is 0 Å². The van der Waals surface area contributed by atoms with Crippen LogP contribution < -0.4 is 10.2 Å². The summed E-state index contributed by atoms with van der Waals surface area (Å²) in [4.78, 5) is 12.5. The van der Waals surface area contributed by atoms with Crippen molar-refractivity contribution >= 4 is 23.0 Å². The molecule has 5 nitrogen and oxygen atoms in total. The van der Waals surface area contributed by atoms with Crippen LogP contribution in [-0.4, -0.2) is 31.6 Å². The number of hydrogen-bond acceptors (Lipinski definition) is 4. The average Bonchev–Trinajstić information content (AvgIpc) is 2.40. The summed E-state index contributed by atoms with van der Waals surface area (Å²) >= 11 is 6.15. The standard InChI is InChI=1S/C13H18ClN3O2/c1-15-9-10-4-6-16(7-5-10)13-3-2-11(17(18)19)8-12(13)14/h2-3,8,10,15H,4-7,9H2,1H3. The number of hydrogen-bond donors (Lipinski definition) is 1. The maximum atomic E-state index is 10.7. The van der Waals surface area contributed by atoms with E-state index in [1.807, 2.05) is 7.05 Å². The second-order valence-corrected chi connectivity index (χ2v) is 5.29. The maximum absolute atomic E-state index is 10.7. The highest BCUT2D eigenvalue weighted by atomic mass is 35.5. The maximum Gasteiger partial charge on any atom is 0.271 e. The molecule has 19 heavy (non-hydrogen) atoms. The molecule has 6 heteroatoms. The van der Waals surface area contributed by atoms with Crippen LogP contribution >= 0.6 is 11.6 Å². The normalized spacial score (nSPS) is 16.6. The first kappa shape index (κ1) is 14.1. The molecule has 0 bridgehead atoms. The van der Waals surface area contributed by atoms with Gasteiger partial charge in [-0.05, 0) is 38.4 Å². The van der Waals surface area contributed by atoms with Gasteiger partial charge < -0.3 is 10.2 Å². The Hall–Kier alpha value is -1.33. The third-order valence-corrected chi connectivity index (χ3v) is 3.89. The number of nitrogens with one attached hydrogen (secondary N) is 1. The van der Waals surface area contributed by atoms with Crippen LogP contribution in [0.2, 0.25) is 5.02 Å². The van der Waals surface area contributed by atoms with Gasteiger partial charge in [0.25, 0.3) is 5.69 Å². The number of nitrogens with zero attached hydrogens (tertiary/aromatic N) is 2. The summed E-state index contributed by atoms with van der Waals surface area (Å²) in [6, 6.07) is 4.69. The van der Waals surface area contributed by atoms with Crippen LogP contribution in [0.15, 0.2) is 18.2 Å². The van der Waals surface area contributed by atoms with E-state index in [9.17, 15) is 10.1 Å². The van der Waals surface area contributed by atoms with Crippen LogP contribution in [0.1, 0.15) is 12.8 Å². The largest absolute Gasteiger partial charge is 0.370 e. The predicted molar refractivity (Wildman–Crippen MR) is 77.0 cm³/mol. The molecular formula is C13H18ClN3O2. The number of anilines is 1. The molecular weight excluding hydrogens is 266 g/mol. The van der Waals surface area contributed by atoms with Crippen molar-refractivity contribution in [2.24, 2.45) is 5.92 Å². The first-order chi connectivity index (χ1) is 9.11. The minimum Gasteiger partial charge on any atom is -0.370 e. The highest BCUT2D eigenvalue weighted by Gasteiger charge is 2.21. The quantitative estimate of drug-likeness (QED) is 0.682. The van der Waals surface area contributed by atoms with Crippen LogP contribution in [-0.2, 0) is 0 Å². The molecule has 0 saturated carbocycles. The van der Waals surface area contributed by atoms with Gasteiger partial charge in [0, 0.05) is 25.2 Å². The van der Waals surface area contributed by atoms with E-state index in [4.69, 9.17) is 11.6 Å². The number of halogens is 1. The molecule has 0 radical (unpaired) electrons. The highest BCUT2D eigenvalue weighted by Crippen LogP contribution is 2.32. The topological polar surface area (TPSA) is 58.4 Å².